The first-order valence-corrected chi connectivity index (χ1v) is 14.1. The Morgan fingerprint density at radius 1 is 0.872 bits per heavy atom. The van der Waals surface area contributed by atoms with Crippen LogP contribution in [0.2, 0.25) is 0 Å². The van der Waals surface area contributed by atoms with Crippen LogP contribution >= 0.6 is 0 Å². The zero-order valence-corrected chi connectivity index (χ0v) is 23.7. The minimum absolute atomic E-state index is 0.0139. The Kier molecular flexibility index (Phi) is 9.18. The molecule has 1 fully saturated rings. The monoisotopic (exact) mass is 524 g/mol. The number of allylic oxidation sites excluding steroid dienone is 2. The zero-order chi connectivity index (χ0) is 27.9. The second kappa shape index (κ2) is 12.7. The zero-order valence-electron chi connectivity index (χ0n) is 23.7. The van der Waals surface area contributed by atoms with Crippen molar-refractivity contribution in [2.75, 3.05) is 26.2 Å². The molecule has 0 radical (unpaired) electrons. The van der Waals surface area contributed by atoms with Crippen molar-refractivity contribution in [1.29, 1.82) is 0 Å². The van der Waals surface area contributed by atoms with Crippen molar-refractivity contribution in [2.24, 2.45) is 0 Å². The van der Waals surface area contributed by atoms with Crippen LogP contribution in [0, 0.1) is 6.92 Å². The van der Waals surface area contributed by atoms with Crippen LogP contribution in [0.5, 0.6) is 0 Å². The molecular formula is C33H40N4O2. The van der Waals surface area contributed by atoms with E-state index in [1.807, 2.05) is 57.8 Å². The maximum Gasteiger partial charge on any atom is 0.274 e. The number of rotatable bonds is 9. The van der Waals surface area contributed by atoms with Crippen molar-refractivity contribution in [3.8, 4) is 0 Å². The van der Waals surface area contributed by atoms with E-state index in [1.54, 1.807) is 6.08 Å². The first-order valence-electron chi connectivity index (χ1n) is 14.1. The molecule has 0 aliphatic carbocycles. The first-order chi connectivity index (χ1) is 18.9. The van der Waals surface area contributed by atoms with E-state index in [2.05, 4.69) is 45.5 Å². The number of aromatic nitrogens is 2. The van der Waals surface area contributed by atoms with Crippen LogP contribution in [-0.2, 0) is 19.3 Å². The summed E-state index contributed by atoms with van der Waals surface area (Å²) >= 11 is 0. The predicted octanol–water partition coefficient (Wildman–Crippen LogP) is 5.94. The van der Waals surface area contributed by atoms with Crippen molar-refractivity contribution in [1.82, 2.24) is 19.6 Å². The molecule has 1 aliphatic rings. The number of aryl methyl sites for hydroxylation is 4. The molecule has 204 valence electrons. The predicted molar refractivity (Wildman–Crippen MR) is 158 cm³/mol. The number of hydrogen-bond donors (Lipinski definition) is 0. The summed E-state index contributed by atoms with van der Waals surface area (Å²) < 4.78 is 1.91. The van der Waals surface area contributed by atoms with Crippen LogP contribution in [0.25, 0.3) is 5.70 Å². The van der Waals surface area contributed by atoms with Crippen molar-refractivity contribution in [3.63, 3.8) is 0 Å². The quantitative estimate of drug-likeness (QED) is 0.326. The maximum atomic E-state index is 13.6. The van der Waals surface area contributed by atoms with E-state index < -0.39 is 0 Å². The molecule has 6 heteroatoms. The van der Waals surface area contributed by atoms with Gasteiger partial charge < -0.3 is 9.80 Å². The fourth-order valence-electron chi connectivity index (χ4n) is 5.26. The molecule has 2 aromatic carbocycles. The molecule has 3 aromatic rings. The molecule has 0 N–H and O–H groups in total. The van der Waals surface area contributed by atoms with E-state index >= 15 is 0 Å². The summed E-state index contributed by atoms with van der Waals surface area (Å²) in [6.07, 6.45) is 7.45. The van der Waals surface area contributed by atoms with Crippen LogP contribution in [0.1, 0.15) is 76.0 Å². The van der Waals surface area contributed by atoms with Gasteiger partial charge in [0.15, 0.2) is 5.69 Å². The third-order valence-electron chi connectivity index (χ3n) is 7.40. The molecule has 1 saturated heterocycles. The van der Waals surface area contributed by atoms with Gasteiger partial charge in [0.05, 0.1) is 5.70 Å². The highest BCUT2D eigenvalue weighted by atomic mass is 16.2. The Bertz CT molecular complexity index is 1380. The van der Waals surface area contributed by atoms with Crippen molar-refractivity contribution >= 4 is 17.5 Å². The summed E-state index contributed by atoms with van der Waals surface area (Å²) in [6, 6.07) is 16.1. The minimum atomic E-state index is -0.0951. The Labute approximate surface area is 232 Å². The lowest BCUT2D eigenvalue weighted by Gasteiger charge is -2.34. The van der Waals surface area contributed by atoms with Crippen LogP contribution in [0.3, 0.4) is 0 Å². The largest absolute Gasteiger partial charge is 0.335 e. The lowest BCUT2D eigenvalue weighted by Crippen LogP contribution is -2.50. The molecule has 39 heavy (non-hydrogen) atoms. The van der Waals surface area contributed by atoms with Gasteiger partial charge in [0.1, 0.15) is 0 Å². The van der Waals surface area contributed by atoms with E-state index in [4.69, 9.17) is 5.10 Å². The van der Waals surface area contributed by atoms with Gasteiger partial charge in [0.25, 0.3) is 11.8 Å². The third-order valence-corrected chi connectivity index (χ3v) is 7.40. The Morgan fingerprint density at radius 2 is 1.56 bits per heavy atom. The topological polar surface area (TPSA) is 58.4 Å². The fraction of sp³-hybridized carbons (Fsp3) is 0.364. The van der Waals surface area contributed by atoms with E-state index in [9.17, 15) is 9.59 Å². The Morgan fingerprint density at radius 3 is 2.18 bits per heavy atom. The van der Waals surface area contributed by atoms with Crippen LogP contribution < -0.4 is 0 Å². The number of hydrogen-bond acceptors (Lipinski definition) is 3. The van der Waals surface area contributed by atoms with Crippen LogP contribution in [0.4, 0.5) is 0 Å². The SMILES string of the molecule is C=C/C=C(/c1ccc(CC)c(CC)c1)n1nc(C(=O)N2CCN(C(=O)c3cccc(C)c3)CC2)cc1CCC. The molecule has 6 nitrogen and oxygen atoms in total. The molecule has 1 aromatic heterocycles. The first kappa shape index (κ1) is 28.1. The van der Waals surface area contributed by atoms with Gasteiger partial charge in [-0.2, -0.15) is 5.10 Å². The summed E-state index contributed by atoms with van der Waals surface area (Å²) in [5.41, 5.74) is 7.84. The summed E-state index contributed by atoms with van der Waals surface area (Å²) in [4.78, 5) is 30.2. The van der Waals surface area contributed by atoms with Gasteiger partial charge in [-0.25, -0.2) is 4.68 Å². The Balaban J connectivity index is 1.56. The second-order valence-electron chi connectivity index (χ2n) is 10.1. The molecule has 1 aliphatic heterocycles. The number of piperazine rings is 1. The third kappa shape index (κ3) is 6.22. The van der Waals surface area contributed by atoms with Gasteiger partial charge >= 0.3 is 0 Å². The van der Waals surface area contributed by atoms with E-state index in [0.29, 0.717) is 37.4 Å². The lowest BCUT2D eigenvalue weighted by atomic mass is 9.98. The smallest absolute Gasteiger partial charge is 0.274 e. The molecule has 0 spiro atoms. The second-order valence-corrected chi connectivity index (χ2v) is 10.1. The van der Waals surface area contributed by atoms with E-state index in [-0.39, 0.29) is 11.8 Å². The average Bonchev–Trinajstić information content (AvgIpc) is 3.38. The normalized spacial score (nSPS) is 14.0. The van der Waals surface area contributed by atoms with E-state index in [1.165, 1.54) is 11.1 Å². The van der Waals surface area contributed by atoms with Gasteiger partial charge in [-0.15, -0.1) is 0 Å². The van der Waals surface area contributed by atoms with Crippen molar-refractivity contribution in [2.45, 2.75) is 53.4 Å². The average molecular weight is 525 g/mol. The molecule has 2 amide bonds. The van der Waals surface area contributed by atoms with Gasteiger partial charge in [-0.3, -0.25) is 9.59 Å². The molecule has 0 bridgehead atoms. The fourth-order valence-corrected chi connectivity index (χ4v) is 5.26. The van der Waals surface area contributed by atoms with E-state index in [0.717, 1.165) is 48.2 Å². The summed E-state index contributed by atoms with van der Waals surface area (Å²) in [6.45, 7) is 14.4. The highest BCUT2D eigenvalue weighted by Gasteiger charge is 2.28. The van der Waals surface area contributed by atoms with Crippen LogP contribution in [-0.4, -0.2) is 57.6 Å². The number of amides is 2. The molecule has 2 heterocycles. The van der Waals surface area contributed by atoms with Crippen molar-refractivity contribution in [3.05, 3.63) is 106 Å². The van der Waals surface area contributed by atoms with Gasteiger partial charge in [0.2, 0.25) is 0 Å². The number of nitrogens with zero attached hydrogens (tertiary/aromatic N) is 4. The lowest BCUT2D eigenvalue weighted by molar-refractivity contribution is 0.0532. The minimum Gasteiger partial charge on any atom is -0.335 e. The molecule has 0 atom stereocenters. The van der Waals surface area contributed by atoms with Gasteiger partial charge in [-0.05, 0) is 67.7 Å². The summed E-state index contributed by atoms with van der Waals surface area (Å²) in [5.74, 6) is -0.0812. The summed E-state index contributed by atoms with van der Waals surface area (Å²) in [7, 11) is 0. The maximum absolute atomic E-state index is 13.6. The molecule has 0 saturated carbocycles. The molecule has 4 rings (SSSR count). The van der Waals surface area contributed by atoms with Gasteiger partial charge in [0, 0.05) is 43.0 Å². The van der Waals surface area contributed by atoms with Crippen LogP contribution in [0.15, 0.2) is 67.3 Å². The van der Waals surface area contributed by atoms with Crippen molar-refractivity contribution < 1.29 is 9.59 Å². The summed E-state index contributed by atoms with van der Waals surface area (Å²) in [5, 5.41) is 4.84. The standard InChI is InChI=1S/C33H40N4O2/c1-6-11-29-23-30(34-37(29)31(12-7-2)27-16-15-25(8-3)26(9-4)22-27)33(39)36-19-17-35(18-20-36)32(38)28-14-10-13-24(5)21-28/h7,10,12-16,21-23H,2,6,8-9,11,17-20H2,1,3-5H3/b31-12-. The highest BCUT2D eigenvalue weighted by Crippen LogP contribution is 2.25. The molecule has 0 unspecified atom stereocenters. The molecular weight excluding hydrogens is 484 g/mol. The Hall–Kier alpha value is -3.93. The van der Waals surface area contributed by atoms with Gasteiger partial charge in [-0.1, -0.05) is 69.7 Å². The number of carbonyl (C=O) groups excluding carboxylic acids is 2. The number of carbonyl (C=O) groups is 2. The number of benzene rings is 2. The highest BCUT2D eigenvalue weighted by molar-refractivity contribution is 5.95.